The summed E-state index contributed by atoms with van der Waals surface area (Å²) in [5.41, 5.74) is 1.88. The summed E-state index contributed by atoms with van der Waals surface area (Å²) >= 11 is 0. The summed E-state index contributed by atoms with van der Waals surface area (Å²) in [5.74, 6) is 1.54. The molecule has 2 heterocycles. The van der Waals surface area contributed by atoms with Gasteiger partial charge in [0.2, 0.25) is 12.7 Å². The molecule has 0 radical (unpaired) electrons. The zero-order chi connectivity index (χ0) is 20.1. The van der Waals surface area contributed by atoms with E-state index >= 15 is 0 Å². The van der Waals surface area contributed by atoms with Gasteiger partial charge in [-0.3, -0.25) is 4.79 Å². The van der Waals surface area contributed by atoms with Gasteiger partial charge in [-0.15, -0.1) is 0 Å². The summed E-state index contributed by atoms with van der Waals surface area (Å²) in [6, 6.07) is 15.1. The molecule has 7 heteroatoms. The van der Waals surface area contributed by atoms with Gasteiger partial charge in [-0.25, -0.2) is 4.79 Å². The second-order valence-corrected chi connectivity index (χ2v) is 7.29. The topological polar surface area (TPSA) is 79.9 Å². The third-order valence-corrected chi connectivity index (χ3v) is 5.33. The molecule has 7 nitrogen and oxygen atoms in total. The Morgan fingerprint density at radius 2 is 1.76 bits per heavy atom. The van der Waals surface area contributed by atoms with Crippen LogP contribution in [0.1, 0.15) is 18.4 Å². The summed E-state index contributed by atoms with van der Waals surface area (Å²) < 4.78 is 10.7. The Labute approximate surface area is 170 Å². The molecule has 152 valence electrons. The van der Waals surface area contributed by atoms with E-state index in [0.717, 1.165) is 29.2 Å². The van der Waals surface area contributed by atoms with E-state index in [0.29, 0.717) is 32.5 Å². The maximum Gasteiger partial charge on any atom is 0.321 e. The summed E-state index contributed by atoms with van der Waals surface area (Å²) in [7, 11) is 0. The van der Waals surface area contributed by atoms with Crippen molar-refractivity contribution in [2.75, 3.05) is 31.7 Å². The number of hydrogen-bond acceptors (Lipinski definition) is 4. The SMILES string of the molecule is O=C(NCCc1ccc2c(c1)OCO2)C1CCN(C(=O)Nc2ccccc2)CC1. The predicted molar refractivity (Wildman–Crippen MR) is 109 cm³/mol. The highest BCUT2D eigenvalue weighted by molar-refractivity contribution is 5.89. The van der Waals surface area contributed by atoms with Crippen LogP contribution < -0.4 is 20.1 Å². The Bertz CT molecular complexity index is 864. The number of urea groups is 1. The number of carbonyl (C=O) groups excluding carboxylic acids is 2. The number of nitrogens with zero attached hydrogens (tertiary/aromatic N) is 1. The molecule has 4 rings (SSSR count). The maximum absolute atomic E-state index is 12.5. The van der Waals surface area contributed by atoms with Gasteiger partial charge in [0.15, 0.2) is 11.5 Å². The van der Waals surface area contributed by atoms with Gasteiger partial charge < -0.3 is 25.0 Å². The number of nitrogens with one attached hydrogen (secondary N) is 2. The van der Waals surface area contributed by atoms with Crippen LogP contribution >= 0.6 is 0 Å². The van der Waals surface area contributed by atoms with Crippen molar-refractivity contribution in [1.29, 1.82) is 0 Å². The van der Waals surface area contributed by atoms with Gasteiger partial charge >= 0.3 is 6.03 Å². The van der Waals surface area contributed by atoms with E-state index < -0.39 is 0 Å². The van der Waals surface area contributed by atoms with Gasteiger partial charge in [0.25, 0.3) is 0 Å². The first-order valence-electron chi connectivity index (χ1n) is 9.96. The molecular weight excluding hydrogens is 370 g/mol. The molecule has 0 atom stereocenters. The van der Waals surface area contributed by atoms with Gasteiger partial charge in [0.1, 0.15) is 0 Å². The fourth-order valence-electron chi connectivity index (χ4n) is 3.64. The second-order valence-electron chi connectivity index (χ2n) is 7.29. The normalized spacial score (nSPS) is 15.8. The van der Waals surface area contributed by atoms with E-state index in [1.165, 1.54) is 0 Å². The zero-order valence-electron chi connectivity index (χ0n) is 16.2. The molecule has 0 saturated carbocycles. The molecule has 2 N–H and O–H groups in total. The maximum atomic E-state index is 12.5. The van der Waals surface area contributed by atoms with Gasteiger partial charge in [0, 0.05) is 31.2 Å². The van der Waals surface area contributed by atoms with Crippen LogP contribution in [-0.2, 0) is 11.2 Å². The van der Waals surface area contributed by atoms with Gasteiger partial charge in [-0.05, 0) is 49.1 Å². The van der Waals surface area contributed by atoms with Gasteiger partial charge in [-0.2, -0.15) is 0 Å². The lowest BCUT2D eigenvalue weighted by molar-refractivity contribution is -0.126. The Morgan fingerprint density at radius 1 is 1.00 bits per heavy atom. The van der Waals surface area contributed by atoms with Crippen molar-refractivity contribution < 1.29 is 19.1 Å². The fraction of sp³-hybridized carbons (Fsp3) is 0.364. The Morgan fingerprint density at radius 3 is 2.55 bits per heavy atom. The molecule has 2 aromatic rings. The lowest BCUT2D eigenvalue weighted by atomic mass is 9.96. The summed E-state index contributed by atoms with van der Waals surface area (Å²) in [6.45, 7) is 2.00. The number of amides is 3. The number of carbonyl (C=O) groups is 2. The first kappa shape index (κ1) is 19.1. The van der Waals surface area contributed by atoms with E-state index in [1.807, 2.05) is 48.5 Å². The molecule has 0 bridgehead atoms. The van der Waals surface area contributed by atoms with E-state index in [-0.39, 0.29) is 24.6 Å². The van der Waals surface area contributed by atoms with Crippen molar-refractivity contribution in [2.24, 2.45) is 5.92 Å². The van der Waals surface area contributed by atoms with Crippen LogP contribution in [0.4, 0.5) is 10.5 Å². The molecule has 29 heavy (non-hydrogen) atoms. The molecule has 0 aromatic heterocycles. The van der Waals surface area contributed by atoms with Crippen LogP contribution in [0, 0.1) is 5.92 Å². The molecule has 1 saturated heterocycles. The number of hydrogen-bond donors (Lipinski definition) is 2. The van der Waals surface area contributed by atoms with Crippen LogP contribution in [0.25, 0.3) is 0 Å². The van der Waals surface area contributed by atoms with E-state index in [2.05, 4.69) is 10.6 Å². The van der Waals surface area contributed by atoms with E-state index in [9.17, 15) is 9.59 Å². The Balaban J connectivity index is 1.18. The largest absolute Gasteiger partial charge is 0.454 e. The van der Waals surface area contributed by atoms with E-state index in [1.54, 1.807) is 4.90 Å². The monoisotopic (exact) mass is 395 g/mol. The number of fused-ring (bicyclic) bond motifs is 1. The molecule has 0 unspecified atom stereocenters. The molecule has 2 aromatic carbocycles. The van der Waals surface area contributed by atoms with Crippen molar-refractivity contribution >= 4 is 17.6 Å². The minimum absolute atomic E-state index is 0.0486. The molecular formula is C22H25N3O4. The second kappa shape index (κ2) is 8.86. The first-order valence-corrected chi connectivity index (χ1v) is 9.96. The van der Waals surface area contributed by atoms with Crippen LogP contribution in [-0.4, -0.2) is 43.3 Å². The van der Waals surface area contributed by atoms with Crippen molar-refractivity contribution in [3.8, 4) is 11.5 Å². The quantitative estimate of drug-likeness (QED) is 0.816. The molecule has 2 aliphatic heterocycles. The smallest absolute Gasteiger partial charge is 0.321 e. The average molecular weight is 395 g/mol. The van der Waals surface area contributed by atoms with Crippen molar-refractivity contribution in [3.63, 3.8) is 0 Å². The lowest BCUT2D eigenvalue weighted by Crippen LogP contribution is -2.44. The predicted octanol–water partition coefficient (Wildman–Crippen LogP) is 3.02. The molecule has 1 fully saturated rings. The summed E-state index contributed by atoms with van der Waals surface area (Å²) in [5, 5.41) is 5.92. The van der Waals surface area contributed by atoms with Crippen LogP contribution in [0.3, 0.4) is 0 Å². The summed E-state index contributed by atoms with van der Waals surface area (Å²) in [6.07, 6.45) is 2.09. The minimum Gasteiger partial charge on any atom is -0.454 e. The molecule has 0 aliphatic carbocycles. The highest BCUT2D eigenvalue weighted by atomic mass is 16.7. The fourth-order valence-corrected chi connectivity index (χ4v) is 3.64. The Kier molecular flexibility index (Phi) is 5.84. The number of rotatable bonds is 5. The zero-order valence-corrected chi connectivity index (χ0v) is 16.2. The number of para-hydroxylation sites is 1. The lowest BCUT2D eigenvalue weighted by Gasteiger charge is -2.31. The number of benzene rings is 2. The standard InChI is InChI=1S/C22H25N3O4/c26-21(23-11-8-16-6-7-19-20(14-16)29-15-28-19)17-9-12-25(13-10-17)22(27)24-18-4-2-1-3-5-18/h1-7,14,17H,8-13,15H2,(H,23,26)(H,24,27). The number of ether oxygens (including phenoxy) is 2. The number of likely N-dealkylation sites (tertiary alicyclic amines) is 1. The highest BCUT2D eigenvalue weighted by Gasteiger charge is 2.27. The third kappa shape index (κ3) is 4.80. The molecule has 3 amide bonds. The minimum atomic E-state index is -0.113. The number of anilines is 1. The van der Waals surface area contributed by atoms with Crippen LogP contribution in [0.5, 0.6) is 11.5 Å². The molecule has 2 aliphatic rings. The van der Waals surface area contributed by atoms with E-state index in [4.69, 9.17) is 9.47 Å². The summed E-state index contributed by atoms with van der Waals surface area (Å²) in [4.78, 5) is 26.6. The van der Waals surface area contributed by atoms with Crippen molar-refractivity contribution in [2.45, 2.75) is 19.3 Å². The highest BCUT2D eigenvalue weighted by Crippen LogP contribution is 2.32. The third-order valence-electron chi connectivity index (χ3n) is 5.33. The van der Waals surface area contributed by atoms with Gasteiger partial charge in [-0.1, -0.05) is 24.3 Å². The number of piperidine rings is 1. The van der Waals surface area contributed by atoms with Crippen molar-refractivity contribution in [3.05, 3.63) is 54.1 Å². The Hall–Kier alpha value is -3.22. The van der Waals surface area contributed by atoms with Crippen LogP contribution in [0.2, 0.25) is 0 Å². The van der Waals surface area contributed by atoms with Gasteiger partial charge in [0.05, 0.1) is 0 Å². The average Bonchev–Trinajstić information content (AvgIpc) is 3.22. The van der Waals surface area contributed by atoms with Crippen molar-refractivity contribution in [1.82, 2.24) is 10.2 Å². The molecule has 0 spiro atoms. The first-order chi connectivity index (χ1) is 14.2. The van der Waals surface area contributed by atoms with Crippen LogP contribution in [0.15, 0.2) is 48.5 Å².